The number of aromatic hydroxyl groups is 1. The van der Waals surface area contributed by atoms with Crippen LogP contribution >= 0.6 is 0 Å². The molecule has 2 rings (SSSR count). The molecule has 0 heterocycles. The third-order valence-corrected chi connectivity index (χ3v) is 3.43. The minimum Gasteiger partial charge on any atom is -0.507 e. The third kappa shape index (κ3) is 4.16. The van der Waals surface area contributed by atoms with Crippen molar-refractivity contribution >= 4 is 23.5 Å². The van der Waals surface area contributed by atoms with Gasteiger partial charge < -0.3 is 10.4 Å². The highest BCUT2D eigenvalue weighted by molar-refractivity contribution is 5.95. The predicted octanol–water partition coefficient (Wildman–Crippen LogP) is 2.97. The smallest absolute Gasteiger partial charge is 0.270 e. The number of hydrogen-bond acceptors (Lipinski definition) is 5. The fourth-order valence-electron chi connectivity index (χ4n) is 2.18. The Kier molecular flexibility index (Phi) is 5.26. The summed E-state index contributed by atoms with van der Waals surface area (Å²) in [5.74, 6) is -0.451. The first-order chi connectivity index (χ1) is 11.4. The lowest BCUT2D eigenvalue weighted by atomic mass is 10.1. The van der Waals surface area contributed by atoms with Crippen LogP contribution in [-0.4, -0.2) is 28.7 Å². The second-order valence-electron chi connectivity index (χ2n) is 5.29. The molecule has 2 aromatic rings. The summed E-state index contributed by atoms with van der Waals surface area (Å²) in [6.45, 7) is 3.63. The molecule has 0 aliphatic carbocycles. The van der Waals surface area contributed by atoms with E-state index in [1.807, 2.05) is 32.0 Å². The molecule has 0 aliphatic heterocycles. The van der Waals surface area contributed by atoms with E-state index in [1.165, 1.54) is 24.4 Å². The van der Waals surface area contributed by atoms with Gasteiger partial charge in [-0.25, -0.2) is 0 Å². The molecule has 0 atom stereocenters. The number of anilines is 1. The summed E-state index contributed by atoms with van der Waals surface area (Å²) in [6.07, 6.45) is 1.24. The van der Waals surface area contributed by atoms with Gasteiger partial charge in [-0.15, -0.1) is 0 Å². The summed E-state index contributed by atoms with van der Waals surface area (Å²) in [5.41, 5.74) is 2.67. The summed E-state index contributed by atoms with van der Waals surface area (Å²) in [4.78, 5) is 26.1. The standard InChI is InChI=1S/C17H17N3O4/c1-11-4-3-5-12(2)17(11)19-16(22)10-18-9-13-8-14(20(23)24)6-7-15(13)21/h3-9,21H,10H2,1-2H3,(H,19,22). The lowest BCUT2D eigenvalue weighted by Crippen LogP contribution is -2.16. The number of amides is 1. The van der Waals surface area contributed by atoms with E-state index in [0.717, 1.165) is 16.8 Å². The zero-order valence-electron chi connectivity index (χ0n) is 13.3. The van der Waals surface area contributed by atoms with E-state index in [-0.39, 0.29) is 29.5 Å². The number of phenolic OH excluding ortho intramolecular Hbond substituents is 1. The van der Waals surface area contributed by atoms with Crippen molar-refractivity contribution in [1.82, 2.24) is 0 Å². The lowest BCUT2D eigenvalue weighted by Gasteiger charge is -2.10. The maximum Gasteiger partial charge on any atom is 0.270 e. The highest BCUT2D eigenvalue weighted by Gasteiger charge is 2.09. The molecule has 0 spiro atoms. The van der Waals surface area contributed by atoms with E-state index in [1.54, 1.807) is 0 Å². The third-order valence-electron chi connectivity index (χ3n) is 3.43. The van der Waals surface area contributed by atoms with Crippen molar-refractivity contribution in [3.63, 3.8) is 0 Å². The van der Waals surface area contributed by atoms with E-state index in [4.69, 9.17) is 0 Å². The van der Waals surface area contributed by atoms with Crippen molar-refractivity contribution in [3.05, 3.63) is 63.2 Å². The number of nitro benzene ring substituents is 1. The maximum absolute atomic E-state index is 12.0. The molecule has 0 aliphatic rings. The van der Waals surface area contributed by atoms with E-state index < -0.39 is 4.92 Å². The van der Waals surface area contributed by atoms with Crippen LogP contribution in [0.5, 0.6) is 5.75 Å². The average molecular weight is 327 g/mol. The number of rotatable bonds is 5. The van der Waals surface area contributed by atoms with Crippen molar-refractivity contribution in [1.29, 1.82) is 0 Å². The van der Waals surface area contributed by atoms with Crippen molar-refractivity contribution in [3.8, 4) is 5.75 Å². The van der Waals surface area contributed by atoms with Crippen LogP contribution in [0, 0.1) is 24.0 Å². The first kappa shape index (κ1) is 17.1. The number of nitrogens with zero attached hydrogens (tertiary/aromatic N) is 2. The van der Waals surface area contributed by atoms with Crippen LogP contribution in [0.15, 0.2) is 41.4 Å². The Morgan fingerprint density at radius 2 is 1.96 bits per heavy atom. The number of non-ortho nitro benzene ring substituents is 1. The molecule has 1 amide bonds. The number of carbonyl (C=O) groups excluding carboxylic acids is 1. The fourth-order valence-corrected chi connectivity index (χ4v) is 2.18. The minimum atomic E-state index is -0.565. The van der Waals surface area contributed by atoms with Crippen LogP contribution < -0.4 is 5.32 Å². The van der Waals surface area contributed by atoms with Crippen LogP contribution in [0.1, 0.15) is 16.7 Å². The van der Waals surface area contributed by atoms with Gasteiger partial charge in [0.05, 0.1) is 4.92 Å². The summed E-state index contributed by atoms with van der Waals surface area (Å²) in [6, 6.07) is 9.31. The lowest BCUT2D eigenvalue weighted by molar-refractivity contribution is -0.384. The largest absolute Gasteiger partial charge is 0.507 e. The quantitative estimate of drug-likeness (QED) is 0.500. The number of hydrogen-bond donors (Lipinski definition) is 2. The van der Waals surface area contributed by atoms with Gasteiger partial charge in [0.1, 0.15) is 12.3 Å². The van der Waals surface area contributed by atoms with E-state index in [9.17, 15) is 20.0 Å². The van der Waals surface area contributed by atoms with Gasteiger partial charge in [-0.1, -0.05) is 18.2 Å². The molecule has 2 aromatic carbocycles. The van der Waals surface area contributed by atoms with Gasteiger partial charge in [-0.3, -0.25) is 19.9 Å². The SMILES string of the molecule is Cc1cccc(C)c1NC(=O)CN=Cc1cc([N+](=O)[O-])ccc1O. The molecule has 0 saturated heterocycles. The van der Waals surface area contributed by atoms with Gasteiger partial charge in [0, 0.05) is 29.6 Å². The highest BCUT2D eigenvalue weighted by Crippen LogP contribution is 2.21. The Hall–Kier alpha value is -3.22. The van der Waals surface area contributed by atoms with Crippen LogP contribution in [0.25, 0.3) is 0 Å². The molecular weight excluding hydrogens is 310 g/mol. The number of phenols is 1. The molecule has 0 radical (unpaired) electrons. The van der Waals surface area contributed by atoms with Gasteiger partial charge >= 0.3 is 0 Å². The van der Waals surface area contributed by atoms with Crippen molar-refractivity contribution < 1.29 is 14.8 Å². The Labute approximate surface area is 138 Å². The van der Waals surface area contributed by atoms with Crippen LogP contribution in [0.2, 0.25) is 0 Å². The Morgan fingerprint density at radius 3 is 2.58 bits per heavy atom. The van der Waals surface area contributed by atoms with Gasteiger partial charge in [-0.05, 0) is 31.0 Å². The second kappa shape index (κ2) is 7.36. The zero-order chi connectivity index (χ0) is 17.7. The van der Waals surface area contributed by atoms with Crippen molar-refractivity contribution in [2.75, 3.05) is 11.9 Å². The number of benzene rings is 2. The maximum atomic E-state index is 12.0. The molecule has 0 bridgehead atoms. The van der Waals surface area contributed by atoms with Gasteiger partial charge in [-0.2, -0.15) is 0 Å². The first-order valence-corrected chi connectivity index (χ1v) is 7.22. The molecule has 0 saturated carbocycles. The predicted molar refractivity (Wildman–Crippen MR) is 91.8 cm³/mol. The van der Waals surface area contributed by atoms with Gasteiger partial charge in [0.15, 0.2) is 0 Å². The van der Waals surface area contributed by atoms with Crippen molar-refractivity contribution in [2.45, 2.75) is 13.8 Å². The molecule has 7 nitrogen and oxygen atoms in total. The van der Waals surface area contributed by atoms with Crippen molar-refractivity contribution in [2.24, 2.45) is 4.99 Å². The molecule has 0 unspecified atom stereocenters. The van der Waals surface area contributed by atoms with E-state index in [2.05, 4.69) is 10.3 Å². The number of nitrogens with one attached hydrogen (secondary N) is 1. The molecule has 2 N–H and O–H groups in total. The number of aryl methyl sites for hydroxylation is 2. The average Bonchev–Trinajstić information content (AvgIpc) is 2.52. The van der Waals surface area contributed by atoms with Gasteiger partial charge in [0.2, 0.25) is 5.91 Å². The molecule has 7 heteroatoms. The molecule has 24 heavy (non-hydrogen) atoms. The highest BCUT2D eigenvalue weighted by atomic mass is 16.6. The summed E-state index contributed by atoms with van der Waals surface area (Å²) in [7, 11) is 0. The fraction of sp³-hybridized carbons (Fsp3) is 0.176. The zero-order valence-corrected chi connectivity index (χ0v) is 13.3. The Morgan fingerprint density at radius 1 is 1.29 bits per heavy atom. The monoisotopic (exact) mass is 327 g/mol. The second-order valence-corrected chi connectivity index (χ2v) is 5.29. The number of para-hydroxylation sites is 1. The summed E-state index contributed by atoms with van der Waals surface area (Å²) in [5, 5.41) is 23.2. The number of carbonyl (C=O) groups is 1. The number of aliphatic imine (C=N–C) groups is 1. The Balaban J connectivity index is 2.05. The van der Waals surface area contributed by atoms with E-state index >= 15 is 0 Å². The molecular formula is C17H17N3O4. The topological polar surface area (TPSA) is 105 Å². The number of nitro groups is 1. The first-order valence-electron chi connectivity index (χ1n) is 7.22. The molecule has 0 fully saturated rings. The van der Waals surface area contributed by atoms with Crippen LogP contribution in [0.3, 0.4) is 0 Å². The minimum absolute atomic E-state index is 0.139. The van der Waals surface area contributed by atoms with Crippen LogP contribution in [-0.2, 0) is 4.79 Å². The van der Waals surface area contributed by atoms with E-state index in [0.29, 0.717) is 0 Å². The van der Waals surface area contributed by atoms with Gasteiger partial charge in [0.25, 0.3) is 5.69 Å². The summed E-state index contributed by atoms with van der Waals surface area (Å²) >= 11 is 0. The normalized spacial score (nSPS) is 10.8. The molecule has 124 valence electrons. The molecule has 0 aromatic heterocycles. The Bertz CT molecular complexity index is 795. The van der Waals surface area contributed by atoms with Crippen LogP contribution in [0.4, 0.5) is 11.4 Å². The summed E-state index contributed by atoms with van der Waals surface area (Å²) < 4.78 is 0.